The number of carbonyl (C=O) groups is 1. The van der Waals surface area contributed by atoms with E-state index in [0.717, 1.165) is 6.26 Å². The minimum Gasteiger partial charge on any atom is -0.396 e. The lowest BCUT2D eigenvalue weighted by Crippen LogP contribution is -2.32. The molecule has 1 aromatic carbocycles. The first-order chi connectivity index (χ1) is 9.31. The largest absolute Gasteiger partial charge is 0.396 e. The zero-order valence-electron chi connectivity index (χ0n) is 11.6. The summed E-state index contributed by atoms with van der Waals surface area (Å²) in [5, 5.41) is 11.5. The second-order valence-electron chi connectivity index (χ2n) is 4.69. The smallest absolute Gasteiger partial charge is 0.251 e. The van der Waals surface area contributed by atoms with Gasteiger partial charge in [-0.25, -0.2) is 8.42 Å². The zero-order chi connectivity index (χ0) is 15.2. The van der Waals surface area contributed by atoms with Crippen LogP contribution in [0.1, 0.15) is 30.1 Å². The van der Waals surface area contributed by atoms with E-state index in [1.165, 1.54) is 12.1 Å². The third-order valence-electron chi connectivity index (χ3n) is 2.62. The Labute approximate surface area is 119 Å². The van der Waals surface area contributed by atoms with Crippen LogP contribution in [-0.4, -0.2) is 38.3 Å². The first-order valence-electron chi connectivity index (χ1n) is 6.31. The number of hydrogen-bond acceptors (Lipinski definition) is 4. The van der Waals surface area contributed by atoms with Gasteiger partial charge in [0.15, 0.2) is 0 Å². The van der Waals surface area contributed by atoms with Crippen molar-refractivity contribution in [1.29, 1.82) is 0 Å². The predicted molar refractivity (Wildman–Crippen MR) is 78.2 cm³/mol. The molecule has 1 atom stereocenters. The molecule has 20 heavy (non-hydrogen) atoms. The molecule has 1 rings (SSSR count). The van der Waals surface area contributed by atoms with Gasteiger partial charge >= 0.3 is 0 Å². The molecule has 1 aromatic rings. The Balaban J connectivity index is 2.61. The Morgan fingerprint density at radius 2 is 1.90 bits per heavy atom. The van der Waals surface area contributed by atoms with Gasteiger partial charge < -0.3 is 10.4 Å². The van der Waals surface area contributed by atoms with Gasteiger partial charge in [-0.2, -0.15) is 0 Å². The highest BCUT2D eigenvalue weighted by molar-refractivity contribution is 7.92. The van der Waals surface area contributed by atoms with Gasteiger partial charge in [-0.05, 0) is 44.0 Å². The Morgan fingerprint density at radius 1 is 1.30 bits per heavy atom. The van der Waals surface area contributed by atoms with Crippen LogP contribution < -0.4 is 10.0 Å². The van der Waals surface area contributed by atoms with Crippen molar-refractivity contribution < 1.29 is 18.3 Å². The molecule has 0 fully saturated rings. The van der Waals surface area contributed by atoms with Gasteiger partial charge in [0, 0.05) is 23.9 Å². The van der Waals surface area contributed by atoms with Crippen molar-refractivity contribution in [3.63, 3.8) is 0 Å². The quantitative estimate of drug-likeness (QED) is 0.698. The molecule has 0 bridgehead atoms. The summed E-state index contributed by atoms with van der Waals surface area (Å²) in [6.45, 7) is 1.97. The van der Waals surface area contributed by atoms with Crippen molar-refractivity contribution in [3.05, 3.63) is 29.8 Å². The highest BCUT2D eigenvalue weighted by Gasteiger charge is 2.10. The molecule has 112 valence electrons. The lowest BCUT2D eigenvalue weighted by Gasteiger charge is -2.13. The Bertz CT molecular complexity index is 540. The molecule has 0 aliphatic heterocycles. The van der Waals surface area contributed by atoms with Crippen LogP contribution in [0.4, 0.5) is 5.69 Å². The Kier molecular flexibility index (Phi) is 5.97. The van der Waals surface area contributed by atoms with Gasteiger partial charge in [-0.3, -0.25) is 9.52 Å². The van der Waals surface area contributed by atoms with Gasteiger partial charge in [0.2, 0.25) is 10.0 Å². The zero-order valence-corrected chi connectivity index (χ0v) is 12.4. The number of aliphatic hydroxyl groups is 1. The van der Waals surface area contributed by atoms with Gasteiger partial charge in [0.1, 0.15) is 0 Å². The van der Waals surface area contributed by atoms with E-state index in [1.54, 1.807) is 12.1 Å². The summed E-state index contributed by atoms with van der Waals surface area (Å²) < 4.78 is 24.4. The van der Waals surface area contributed by atoms with Crippen LogP contribution in [0.25, 0.3) is 0 Å². The van der Waals surface area contributed by atoms with E-state index >= 15 is 0 Å². The number of hydrogen-bond donors (Lipinski definition) is 3. The van der Waals surface area contributed by atoms with Crippen molar-refractivity contribution in [1.82, 2.24) is 5.32 Å². The number of nitrogens with one attached hydrogen (secondary N) is 2. The molecule has 0 aliphatic rings. The van der Waals surface area contributed by atoms with Crippen molar-refractivity contribution >= 4 is 21.6 Å². The number of anilines is 1. The molecule has 0 radical (unpaired) electrons. The molecule has 0 heterocycles. The number of amides is 1. The lowest BCUT2D eigenvalue weighted by molar-refractivity contribution is 0.0936. The summed E-state index contributed by atoms with van der Waals surface area (Å²) in [7, 11) is -3.31. The molecule has 0 aliphatic carbocycles. The first kappa shape index (κ1) is 16.5. The predicted octanol–water partition coefficient (Wildman–Crippen LogP) is 0.949. The molecule has 0 aromatic heterocycles. The van der Waals surface area contributed by atoms with E-state index < -0.39 is 10.0 Å². The van der Waals surface area contributed by atoms with E-state index in [0.29, 0.717) is 24.1 Å². The molecule has 7 heteroatoms. The number of carbonyl (C=O) groups excluding carboxylic acids is 1. The molecule has 1 unspecified atom stereocenters. The Morgan fingerprint density at radius 3 is 2.40 bits per heavy atom. The number of benzene rings is 1. The van der Waals surface area contributed by atoms with Gasteiger partial charge in [-0.15, -0.1) is 0 Å². The molecular formula is C13H20N2O4S. The average Bonchev–Trinajstić information content (AvgIpc) is 2.35. The highest BCUT2D eigenvalue weighted by Crippen LogP contribution is 2.11. The minimum absolute atomic E-state index is 0.0246. The van der Waals surface area contributed by atoms with Gasteiger partial charge in [0.25, 0.3) is 5.91 Å². The monoisotopic (exact) mass is 300 g/mol. The SMILES string of the molecule is CC(CCCO)NC(=O)c1ccc(NS(C)(=O)=O)cc1. The maximum Gasteiger partial charge on any atom is 0.251 e. The van der Waals surface area contributed by atoms with E-state index in [-0.39, 0.29) is 18.6 Å². The third-order valence-corrected chi connectivity index (χ3v) is 3.23. The molecular weight excluding hydrogens is 280 g/mol. The second-order valence-corrected chi connectivity index (χ2v) is 6.44. The topological polar surface area (TPSA) is 95.5 Å². The summed E-state index contributed by atoms with van der Waals surface area (Å²) in [6.07, 6.45) is 2.41. The number of sulfonamides is 1. The first-order valence-corrected chi connectivity index (χ1v) is 8.20. The second kappa shape index (κ2) is 7.25. The minimum atomic E-state index is -3.31. The van der Waals surface area contributed by atoms with Crippen LogP contribution in [-0.2, 0) is 10.0 Å². The Hall–Kier alpha value is -1.60. The highest BCUT2D eigenvalue weighted by atomic mass is 32.2. The third kappa shape index (κ3) is 6.03. The van der Waals surface area contributed by atoms with Gasteiger partial charge in [-0.1, -0.05) is 0 Å². The molecule has 6 nitrogen and oxygen atoms in total. The standard InChI is InChI=1S/C13H20N2O4S/c1-10(4-3-9-16)14-13(17)11-5-7-12(8-6-11)15-20(2,18)19/h5-8,10,15-16H,3-4,9H2,1-2H3,(H,14,17). The fourth-order valence-corrected chi connectivity index (χ4v) is 2.24. The normalized spacial score (nSPS) is 12.8. The van der Waals surface area contributed by atoms with Crippen molar-refractivity contribution in [3.8, 4) is 0 Å². The summed E-state index contributed by atoms with van der Waals surface area (Å²) in [5.41, 5.74) is 0.872. The summed E-state index contributed by atoms with van der Waals surface area (Å²) in [6, 6.07) is 6.16. The molecule has 3 N–H and O–H groups in total. The van der Waals surface area contributed by atoms with Crippen LogP contribution in [0.5, 0.6) is 0 Å². The van der Waals surface area contributed by atoms with Crippen molar-refractivity contribution in [2.45, 2.75) is 25.8 Å². The average molecular weight is 300 g/mol. The van der Waals surface area contributed by atoms with Crippen LogP contribution in [0.15, 0.2) is 24.3 Å². The summed E-state index contributed by atoms with van der Waals surface area (Å²) in [5.74, 6) is -0.221. The van der Waals surface area contributed by atoms with E-state index in [1.807, 2.05) is 6.92 Å². The van der Waals surface area contributed by atoms with Crippen molar-refractivity contribution in [2.24, 2.45) is 0 Å². The summed E-state index contributed by atoms with van der Waals surface area (Å²) in [4.78, 5) is 11.9. The van der Waals surface area contributed by atoms with Crippen LogP contribution in [0.2, 0.25) is 0 Å². The van der Waals surface area contributed by atoms with Crippen LogP contribution in [0, 0.1) is 0 Å². The molecule has 0 spiro atoms. The van der Waals surface area contributed by atoms with E-state index in [4.69, 9.17) is 5.11 Å². The van der Waals surface area contributed by atoms with Crippen LogP contribution in [0.3, 0.4) is 0 Å². The number of rotatable bonds is 7. The van der Waals surface area contributed by atoms with E-state index in [9.17, 15) is 13.2 Å². The van der Waals surface area contributed by atoms with Crippen molar-refractivity contribution in [2.75, 3.05) is 17.6 Å². The van der Waals surface area contributed by atoms with Gasteiger partial charge in [0.05, 0.1) is 6.26 Å². The maximum absolute atomic E-state index is 11.9. The number of aliphatic hydroxyl groups excluding tert-OH is 1. The molecule has 0 saturated heterocycles. The molecule has 1 amide bonds. The fraction of sp³-hybridized carbons (Fsp3) is 0.462. The lowest BCUT2D eigenvalue weighted by atomic mass is 10.1. The fourth-order valence-electron chi connectivity index (χ4n) is 1.68. The van der Waals surface area contributed by atoms with Crippen LogP contribution >= 0.6 is 0 Å². The van der Waals surface area contributed by atoms with E-state index in [2.05, 4.69) is 10.0 Å². The maximum atomic E-state index is 11.9. The summed E-state index contributed by atoms with van der Waals surface area (Å²) >= 11 is 0. The molecule has 0 saturated carbocycles.